The third-order valence-electron chi connectivity index (χ3n) is 3.65. The van der Waals surface area contributed by atoms with Gasteiger partial charge in [-0.2, -0.15) is 0 Å². The van der Waals surface area contributed by atoms with E-state index >= 15 is 0 Å². The van der Waals surface area contributed by atoms with E-state index in [0.29, 0.717) is 19.5 Å². The third kappa shape index (κ3) is 3.78. The lowest BCUT2D eigenvalue weighted by Gasteiger charge is -2.36. The van der Waals surface area contributed by atoms with Crippen molar-refractivity contribution in [2.24, 2.45) is 5.41 Å². The standard InChI is InChI=1S/C17H24N2O3/c1-17(2,3)11-14(20)19-10-9-18-16(21)15(19)12-5-7-13(22-4)8-6-12/h5-8,15H,9-11H2,1-4H3,(H,18,21). The van der Waals surface area contributed by atoms with Gasteiger partial charge < -0.3 is 15.0 Å². The zero-order chi connectivity index (χ0) is 16.3. The van der Waals surface area contributed by atoms with E-state index in [1.165, 1.54) is 0 Å². The van der Waals surface area contributed by atoms with Crippen LogP contribution in [-0.4, -0.2) is 36.9 Å². The minimum atomic E-state index is -0.561. The smallest absolute Gasteiger partial charge is 0.247 e. The van der Waals surface area contributed by atoms with E-state index in [2.05, 4.69) is 5.32 Å². The van der Waals surface area contributed by atoms with Gasteiger partial charge in [-0.05, 0) is 23.1 Å². The van der Waals surface area contributed by atoms with Crippen LogP contribution in [0.4, 0.5) is 0 Å². The van der Waals surface area contributed by atoms with Crippen LogP contribution in [-0.2, 0) is 9.59 Å². The highest BCUT2D eigenvalue weighted by Gasteiger charge is 2.35. The molecule has 1 unspecified atom stereocenters. The lowest BCUT2D eigenvalue weighted by Crippen LogP contribution is -2.52. The summed E-state index contributed by atoms with van der Waals surface area (Å²) in [6.07, 6.45) is 0.424. The zero-order valence-corrected chi connectivity index (χ0v) is 13.7. The Balaban J connectivity index is 2.26. The van der Waals surface area contributed by atoms with Gasteiger partial charge in [0, 0.05) is 19.5 Å². The number of nitrogens with zero attached hydrogens (tertiary/aromatic N) is 1. The molecular weight excluding hydrogens is 280 g/mol. The van der Waals surface area contributed by atoms with Crippen LogP contribution in [0.2, 0.25) is 0 Å². The SMILES string of the molecule is COc1ccc(C2C(=O)NCCN2C(=O)CC(C)(C)C)cc1. The van der Waals surface area contributed by atoms with E-state index in [-0.39, 0.29) is 17.2 Å². The molecule has 1 fully saturated rings. The Morgan fingerprint density at radius 1 is 1.32 bits per heavy atom. The summed E-state index contributed by atoms with van der Waals surface area (Å²) in [4.78, 5) is 26.6. The van der Waals surface area contributed by atoms with Gasteiger partial charge in [-0.25, -0.2) is 0 Å². The van der Waals surface area contributed by atoms with Crippen molar-refractivity contribution < 1.29 is 14.3 Å². The molecule has 0 aromatic heterocycles. The van der Waals surface area contributed by atoms with Gasteiger partial charge in [0.05, 0.1) is 7.11 Å². The number of hydrogen-bond donors (Lipinski definition) is 1. The number of benzene rings is 1. The summed E-state index contributed by atoms with van der Waals surface area (Å²) in [7, 11) is 1.60. The molecule has 1 aliphatic rings. The molecule has 1 atom stereocenters. The van der Waals surface area contributed by atoms with Gasteiger partial charge in [-0.1, -0.05) is 32.9 Å². The fraction of sp³-hybridized carbons (Fsp3) is 0.529. The van der Waals surface area contributed by atoms with Crippen LogP contribution in [0.5, 0.6) is 5.75 Å². The van der Waals surface area contributed by atoms with Crippen LogP contribution in [0, 0.1) is 5.41 Å². The van der Waals surface area contributed by atoms with Crippen molar-refractivity contribution in [1.82, 2.24) is 10.2 Å². The predicted octanol–water partition coefficient (Wildman–Crippen LogP) is 2.13. The van der Waals surface area contributed by atoms with Crippen molar-refractivity contribution in [3.8, 4) is 5.75 Å². The number of nitrogens with one attached hydrogen (secondary N) is 1. The van der Waals surface area contributed by atoms with Crippen LogP contribution in [0.15, 0.2) is 24.3 Å². The number of carbonyl (C=O) groups is 2. The third-order valence-corrected chi connectivity index (χ3v) is 3.65. The zero-order valence-electron chi connectivity index (χ0n) is 13.7. The lowest BCUT2D eigenvalue weighted by molar-refractivity contribution is -0.144. The number of rotatable bonds is 3. The molecule has 120 valence electrons. The van der Waals surface area contributed by atoms with Crippen LogP contribution in [0.1, 0.15) is 38.8 Å². The number of ether oxygens (including phenoxy) is 1. The molecule has 0 bridgehead atoms. The summed E-state index contributed by atoms with van der Waals surface area (Å²) >= 11 is 0. The molecule has 0 spiro atoms. The Morgan fingerprint density at radius 3 is 2.50 bits per heavy atom. The van der Waals surface area contributed by atoms with Gasteiger partial charge in [-0.15, -0.1) is 0 Å². The van der Waals surface area contributed by atoms with E-state index in [4.69, 9.17) is 4.74 Å². The Morgan fingerprint density at radius 2 is 1.95 bits per heavy atom. The summed E-state index contributed by atoms with van der Waals surface area (Å²) in [6.45, 7) is 7.12. The van der Waals surface area contributed by atoms with Gasteiger partial charge in [-0.3, -0.25) is 9.59 Å². The summed E-state index contributed by atoms with van der Waals surface area (Å²) in [5.41, 5.74) is 0.704. The monoisotopic (exact) mass is 304 g/mol. The van der Waals surface area contributed by atoms with Crippen molar-refractivity contribution in [2.75, 3.05) is 20.2 Å². The number of methoxy groups -OCH3 is 1. The van der Waals surface area contributed by atoms with Crippen molar-refractivity contribution in [3.05, 3.63) is 29.8 Å². The second-order valence-electron chi connectivity index (χ2n) is 6.79. The Labute approximate surface area is 131 Å². The van der Waals surface area contributed by atoms with Gasteiger partial charge in [0.15, 0.2) is 0 Å². The summed E-state index contributed by atoms with van der Waals surface area (Å²) in [5.74, 6) is 0.620. The minimum absolute atomic E-state index is 0.0168. The molecule has 5 nitrogen and oxygen atoms in total. The largest absolute Gasteiger partial charge is 0.497 e. The molecule has 0 radical (unpaired) electrons. The molecule has 1 aliphatic heterocycles. The first-order valence-corrected chi connectivity index (χ1v) is 7.53. The molecule has 1 N–H and O–H groups in total. The summed E-state index contributed by atoms with van der Waals surface area (Å²) in [6, 6.07) is 6.74. The van der Waals surface area contributed by atoms with Crippen LogP contribution < -0.4 is 10.1 Å². The molecule has 1 aromatic rings. The fourth-order valence-corrected chi connectivity index (χ4v) is 2.61. The maximum atomic E-state index is 12.6. The molecule has 1 aromatic carbocycles. The normalized spacial score (nSPS) is 18.8. The number of carbonyl (C=O) groups excluding carboxylic acids is 2. The highest BCUT2D eigenvalue weighted by atomic mass is 16.5. The summed E-state index contributed by atoms with van der Waals surface area (Å²) < 4.78 is 5.14. The first-order valence-electron chi connectivity index (χ1n) is 7.53. The molecule has 5 heteroatoms. The molecule has 2 rings (SSSR count). The molecule has 22 heavy (non-hydrogen) atoms. The second-order valence-corrected chi connectivity index (χ2v) is 6.79. The molecule has 0 aliphatic carbocycles. The fourth-order valence-electron chi connectivity index (χ4n) is 2.61. The first kappa shape index (κ1) is 16.3. The van der Waals surface area contributed by atoms with Gasteiger partial charge >= 0.3 is 0 Å². The van der Waals surface area contributed by atoms with E-state index < -0.39 is 6.04 Å². The van der Waals surface area contributed by atoms with Gasteiger partial charge in [0.2, 0.25) is 11.8 Å². The topological polar surface area (TPSA) is 58.6 Å². The Kier molecular flexibility index (Phi) is 4.74. The van der Waals surface area contributed by atoms with E-state index in [9.17, 15) is 9.59 Å². The van der Waals surface area contributed by atoms with Gasteiger partial charge in [0.1, 0.15) is 11.8 Å². The number of amides is 2. The van der Waals surface area contributed by atoms with E-state index in [1.54, 1.807) is 12.0 Å². The minimum Gasteiger partial charge on any atom is -0.497 e. The average Bonchev–Trinajstić information content (AvgIpc) is 2.45. The second kappa shape index (κ2) is 6.38. The van der Waals surface area contributed by atoms with Crippen molar-refractivity contribution in [1.29, 1.82) is 0 Å². The van der Waals surface area contributed by atoms with Crippen molar-refractivity contribution in [3.63, 3.8) is 0 Å². The molecule has 2 amide bonds. The maximum absolute atomic E-state index is 12.6. The predicted molar refractivity (Wildman–Crippen MR) is 84.5 cm³/mol. The average molecular weight is 304 g/mol. The quantitative estimate of drug-likeness (QED) is 0.930. The number of hydrogen-bond acceptors (Lipinski definition) is 3. The first-order chi connectivity index (χ1) is 10.3. The van der Waals surface area contributed by atoms with Crippen LogP contribution in [0.3, 0.4) is 0 Å². The van der Waals surface area contributed by atoms with Crippen molar-refractivity contribution in [2.45, 2.75) is 33.2 Å². The molecule has 1 heterocycles. The Hall–Kier alpha value is -2.04. The highest BCUT2D eigenvalue weighted by molar-refractivity contribution is 5.90. The van der Waals surface area contributed by atoms with E-state index in [1.807, 2.05) is 45.0 Å². The number of piperazine rings is 1. The van der Waals surface area contributed by atoms with Gasteiger partial charge in [0.25, 0.3) is 0 Å². The van der Waals surface area contributed by atoms with E-state index in [0.717, 1.165) is 11.3 Å². The highest BCUT2D eigenvalue weighted by Crippen LogP contribution is 2.28. The van der Waals surface area contributed by atoms with Crippen LogP contribution in [0.25, 0.3) is 0 Å². The molecular formula is C17H24N2O3. The van der Waals surface area contributed by atoms with Crippen molar-refractivity contribution >= 4 is 11.8 Å². The summed E-state index contributed by atoms with van der Waals surface area (Å²) in [5, 5.41) is 2.84. The Bertz CT molecular complexity index is 546. The molecule has 1 saturated heterocycles. The molecule has 0 saturated carbocycles. The maximum Gasteiger partial charge on any atom is 0.247 e. The van der Waals surface area contributed by atoms with Crippen LogP contribution >= 0.6 is 0 Å². The lowest BCUT2D eigenvalue weighted by atomic mass is 9.90.